The van der Waals surface area contributed by atoms with Crippen LogP contribution in [0.4, 0.5) is 5.82 Å². The van der Waals surface area contributed by atoms with Gasteiger partial charge in [0.05, 0.1) is 5.60 Å². The average molecular weight is 477 g/mol. The second-order valence-electron chi connectivity index (χ2n) is 10.1. The maximum Gasteiger partial charge on any atom is 0.326 e. The number of hydrogen-bond donors (Lipinski definition) is 4. The molecule has 1 unspecified atom stereocenters. The summed E-state index contributed by atoms with van der Waals surface area (Å²) in [7, 11) is 0. The fourth-order valence-electron chi connectivity index (χ4n) is 4.48. The van der Waals surface area contributed by atoms with Gasteiger partial charge in [0.1, 0.15) is 11.9 Å². The van der Waals surface area contributed by atoms with Crippen molar-refractivity contribution in [3.63, 3.8) is 0 Å². The topological polar surface area (TPSA) is 115 Å². The Labute approximate surface area is 204 Å². The lowest BCUT2D eigenvalue weighted by Crippen LogP contribution is -2.46. The quantitative estimate of drug-likeness (QED) is 0.287. The molecule has 0 aliphatic carbocycles. The minimum absolute atomic E-state index is 0.165. The van der Waals surface area contributed by atoms with Gasteiger partial charge in [-0.05, 0) is 83.4 Å². The van der Waals surface area contributed by atoms with Crippen molar-refractivity contribution < 1.29 is 19.8 Å². The summed E-state index contributed by atoms with van der Waals surface area (Å²) in [5.74, 6) is -0.364. The standard InChI is InChI=1S/C26H44N4O4/c1-5-19(6-2)24(31)29-22(25(32)33)14-17-30(18-26(3,4)34)16-8-7-11-21-13-12-20-10-9-15-27-23(20)28-21/h12-13,19,22,34H,5-11,14-18H2,1-4H3,(H,27,28)(H,29,31)(H,32,33). The van der Waals surface area contributed by atoms with Crippen LogP contribution in [0.5, 0.6) is 0 Å². The SMILES string of the molecule is CCC(CC)C(=O)NC(CCN(CCCCc1ccc2c(n1)NCCC2)CC(C)(C)O)C(=O)O. The second kappa shape index (κ2) is 13.6. The molecule has 0 saturated carbocycles. The maximum absolute atomic E-state index is 12.4. The third kappa shape index (κ3) is 9.58. The third-order valence-electron chi connectivity index (χ3n) is 6.42. The predicted octanol–water partition coefficient (Wildman–Crippen LogP) is 3.23. The molecule has 0 fully saturated rings. The molecule has 0 bridgehead atoms. The van der Waals surface area contributed by atoms with E-state index in [1.54, 1.807) is 13.8 Å². The van der Waals surface area contributed by atoms with E-state index < -0.39 is 17.6 Å². The first-order chi connectivity index (χ1) is 16.1. The predicted molar refractivity (Wildman–Crippen MR) is 135 cm³/mol. The fourth-order valence-corrected chi connectivity index (χ4v) is 4.48. The van der Waals surface area contributed by atoms with Gasteiger partial charge in [-0.25, -0.2) is 9.78 Å². The smallest absolute Gasteiger partial charge is 0.326 e. The number of hydrogen-bond acceptors (Lipinski definition) is 6. The van der Waals surface area contributed by atoms with E-state index in [1.807, 2.05) is 13.8 Å². The molecule has 34 heavy (non-hydrogen) atoms. The van der Waals surface area contributed by atoms with Gasteiger partial charge in [-0.2, -0.15) is 0 Å². The van der Waals surface area contributed by atoms with Crippen LogP contribution in [0.3, 0.4) is 0 Å². The Kier molecular flexibility index (Phi) is 11.2. The van der Waals surface area contributed by atoms with Gasteiger partial charge >= 0.3 is 5.97 Å². The normalized spacial score (nSPS) is 14.6. The lowest BCUT2D eigenvalue weighted by Gasteiger charge is -2.30. The summed E-state index contributed by atoms with van der Waals surface area (Å²) in [4.78, 5) is 31.0. The molecule has 0 spiro atoms. The zero-order valence-electron chi connectivity index (χ0n) is 21.4. The first-order valence-corrected chi connectivity index (χ1v) is 12.8. The summed E-state index contributed by atoms with van der Waals surface area (Å²) in [6.07, 6.45) is 6.67. The van der Waals surface area contributed by atoms with Gasteiger partial charge in [0.25, 0.3) is 0 Å². The van der Waals surface area contributed by atoms with Crippen LogP contribution < -0.4 is 10.6 Å². The van der Waals surface area contributed by atoms with Crippen LogP contribution in [0.1, 0.15) is 77.5 Å². The number of pyridine rings is 1. The van der Waals surface area contributed by atoms with E-state index in [4.69, 9.17) is 4.98 Å². The van der Waals surface area contributed by atoms with E-state index in [0.717, 1.165) is 56.7 Å². The number of fused-ring (bicyclic) bond motifs is 1. The largest absolute Gasteiger partial charge is 0.480 e. The summed E-state index contributed by atoms with van der Waals surface area (Å²) in [5, 5.41) is 26.1. The van der Waals surface area contributed by atoms with Crippen LogP contribution in [0.15, 0.2) is 12.1 Å². The number of aromatic nitrogens is 1. The molecule has 1 amide bonds. The first kappa shape index (κ1) is 28.1. The van der Waals surface area contributed by atoms with E-state index in [9.17, 15) is 19.8 Å². The molecule has 1 aromatic heterocycles. The Morgan fingerprint density at radius 2 is 1.94 bits per heavy atom. The number of carbonyl (C=O) groups is 2. The van der Waals surface area contributed by atoms with Gasteiger partial charge < -0.3 is 25.7 Å². The van der Waals surface area contributed by atoms with Crippen LogP contribution in [0, 0.1) is 5.92 Å². The van der Waals surface area contributed by atoms with Crippen molar-refractivity contribution in [3.8, 4) is 0 Å². The summed E-state index contributed by atoms with van der Waals surface area (Å²) < 4.78 is 0. The van der Waals surface area contributed by atoms with Crippen LogP contribution in [0.25, 0.3) is 0 Å². The van der Waals surface area contributed by atoms with Crippen LogP contribution in [-0.4, -0.2) is 69.8 Å². The maximum atomic E-state index is 12.4. The van der Waals surface area contributed by atoms with Gasteiger partial charge in [-0.1, -0.05) is 19.9 Å². The number of nitrogens with one attached hydrogen (secondary N) is 2. The van der Waals surface area contributed by atoms with Gasteiger partial charge in [-0.15, -0.1) is 0 Å². The molecule has 1 aliphatic heterocycles. The number of aliphatic hydroxyl groups is 1. The lowest BCUT2D eigenvalue weighted by atomic mass is 10.0. The molecule has 8 heteroatoms. The van der Waals surface area contributed by atoms with E-state index in [-0.39, 0.29) is 11.8 Å². The number of carbonyl (C=O) groups excluding carboxylic acids is 1. The molecule has 0 saturated heterocycles. The zero-order valence-corrected chi connectivity index (χ0v) is 21.4. The number of amides is 1. The summed E-state index contributed by atoms with van der Waals surface area (Å²) in [6.45, 7) is 10.0. The average Bonchev–Trinajstić information content (AvgIpc) is 2.78. The van der Waals surface area contributed by atoms with Crippen molar-refractivity contribution in [1.29, 1.82) is 0 Å². The second-order valence-corrected chi connectivity index (χ2v) is 10.1. The third-order valence-corrected chi connectivity index (χ3v) is 6.42. The first-order valence-electron chi connectivity index (χ1n) is 12.8. The minimum atomic E-state index is -1.02. The highest BCUT2D eigenvalue weighted by atomic mass is 16.4. The molecule has 0 aromatic carbocycles. The molecule has 1 atom stereocenters. The Hall–Kier alpha value is -2.19. The fraction of sp³-hybridized carbons (Fsp3) is 0.731. The molecule has 2 heterocycles. The number of carboxylic acid groups (broad SMARTS) is 1. The number of carboxylic acids is 1. The Morgan fingerprint density at radius 1 is 1.21 bits per heavy atom. The van der Waals surface area contributed by atoms with E-state index in [0.29, 0.717) is 32.4 Å². The molecule has 4 N–H and O–H groups in total. The van der Waals surface area contributed by atoms with E-state index in [1.165, 1.54) is 5.56 Å². The van der Waals surface area contributed by atoms with Gasteiger partial charge in [0.15, 0.2) is 0 Å². The van der Waals surface area contributed by atoms with E-state index in [2.05, 4.69) is 27.7 Å². The number of aryl methyl sites for hydroxylation is 2. The van der Waals surface area contributed by atoms with Gasteiger partial charge in [0.2, 0.25) is 5.91 Å². The molecular formula is C26H44N4O4. The van der Waals surface area contributed by atoms with Crippen molar-refractivity contribution in [2.45, 2.75) is 90.7 Å². The van der Waals surface area contributed by atoms with Crippen molar-refractivity contribution in [3.05, 3.63) is 23.4 Å². The molecule has 0 radical (unpaired) electrons. The molecule has 8 nitrogen and oxygen atoms in total. The number of rotatable bonds is 15. The van der Waals surface area contributed by atoms with Crippen LogP contribution in [0.2, 0.25) is 0 Å². The van der Waals surface area contributed by atoms with Crippen molar-refractivity contribution in [2.75, 3.05) is 31.5 Å². The Morgan fingerprint density at radius 3 is 2.59 bits per heavy atom. The molecule has 1 aromatic rings. The molecular weight excluding hydrogens is 432 g/mol. The molecule has 2 rings (SSSR count). The number of unbranched alkanes of at least 4 members (excludes halogenated alkanes) is 1. The van der Waals surface area contributed by atoms with Gasteiger partial charge in [0, 0.05) is 31.2 Å². The Balaban J connectivity index is 1.87. The highest BCUT2D eigenvalue weighted by Gasteiger charge is 2.25. The van der Waals surface area contributed by atoms with Crippen molar-refractivity contribution >= 4 is 17.7 Å². The highest BCUT2D eigenvalue weighted by Crippen LogP contribution is 2.20. The van der Waals surface area contributed by atoms with Crippen molar-refractivity contribution in [1.82, 2.24) is 15.2 Å². The number of nitrogens with zero attached hydrogens (tertiary/aromatic N) is 2. The highest BCUT2D eigenvalue weighted by molar-refractivity contribution is 5.84. The summed E-state index contributed by atoms with van der Waals surface area (Å²) in [6, 6.07) is 3.36. The summed E-state index contributed by atoms with van der Waals surface area (Å²) >= 11 is 0. The van der Waals surface area contributed by atoms with Crippen molar-refractivity contribution in [2.24, 2.45) is 5.92 Å². The zero-order chi connectivity index (χ0) is 25.1. The summed E-state index contributed by atoms with van der Waals surface area (Å²) in [5.41, 5.74) is 1.48. The van der Waals surface area contributed by atoms with Gasteiger partial charge in [-0.3, -0.25) is 4.79 Å². The number of anilines is 1. The van der Waals surface area contributed by atoms with Crippen LogP contribution >= 0.6 is 0 Å². The minimum Gasteiger partial charge on any atom is -0.480 e. The number of aliphatic carboxylic acids is 1. The lowest BCUT2D eigenvalue weighted by molar-refractivity contribution is -0.142. The molecule has 1 aliphatic rings. The Bertz CT molecular complexity index is 789. The monoisotopic (exact) mass is 476 g/mol. The van der Waals surface area contributed by atoms with E-state index >= 15 is 0 Å². The van der Waals surface area contributed by atoms with Crippen LogP contribution in [-0.2, 0) is 22.4 Å². The molecule has 192 valence electrons.